The number of nitrogens with one attached hydrogen (secondary N) is 2. The molecule has 96 valence electrons. The lowest BCUT2D eigenvalue weighted by Crippen LogP contribution is -2.55. The van der Waals surface area contributed by atoms with Gasteiger partial charge in [-0.25, -0.2) is 0 Å². The highest BCUT2D eigenvalue weighted by atomic mass is 16.2. The molecule has 0 unspecified atom stereocenters. The molecule has 0 saturated carbocycles. The van der Waals surface area contributed by atoms with Crippen molar-refractivity contribution < 1.29 is 9.59 Å². The Morgan fingerprint density at radius 2 is 2.24 bits per heavy atom. The Hall–Kier alpha value is -1.10. The highest BCUT2D eigenvalue weighted by Crippen LogP contribution is 2.17. The van der Waals surface area contributed by atoms with Gasteiger partial charge in [0.2, 0.25) is 11.8 Å². The summed E-state index contributed by atoms with van der Waals surface area (Å²) in [5, 5.41) is 5.87. The van der Waals surface area contributed by atoms with Crippen molar-refractivity contribution in [3.63, 3.8) is 0 Å². The molecule has 2 aliphatic rings. The Labute approximate surface area is 102 Å². The predicted octanol–water partition coefficient (Wildman–Crippen LogP) is -0.134. The molecule has 2 rings (SSSR count). The van der Waals surface area contributed by atoms with Crippen LogP contribution in [0, 0.1) is 0 Å². The molecule has 0 bridgehead atoms. The van der Waals surface area contributed by atoms with Crippen LogP contribution in [0.5, 0.6) is 0 Å². The summed E-state index contributed by atoms with van der Waals surface area (Å²) in [6.45, 7) is 4.34. The van der Waals surface area contributed by atoms with Gasteiger partial charge in [-0.2, -0.15) is 0 Å². The zero-order valence-corrected chi connectivity index (χ0v) is 10.4. The van der Waals surface area contributed by atoms with Gasteiger partial charge in [0.05, 0.1) is 12.5 Å². The summed E-state index contributed by atoms with van der Waals surface area (Å²) in [4.78, 5) is 25.6. The smallest absolute Gasteiger partial charge is 0.237 e. The molecule has 0 radical (unpaired) electrons. The van der Waals surface area contributed by atoms with Crippen LogP contribution in [0.2, 0.25) is 0 Å². The SMILES string of the molecule is C[C@@H]1CCCCN1C(=O)C[C@H]1NCCNC1=O. The van der Waals surface area contributed by atoms with Crippen LogP contribution >= 0.6 is 0 Å². The zero-order valence-electron chi connectivity index (χ0n) is 10.4. The minimum atomic E-state index is -0.342. The average molecular weight is 239 g/mol. The lowest BCUT2D eigenvalue weighted by Gasteiger charge is -2.35. The van der Waals surface area contributed by atoms with Gasteiger partial charge < -0.3 is 15.5 Å². The van der Waals surface area contributed by atoms with Gasteiger partial charge >= 0.3 is 0 Å². The largest absolute Gasteiger partial charge is 0.353 e. The minimum Gasteiger partial charge on any atom is -0.353 e. The third-order valence-corrected chi connectivity index (χ3v) is 3.63. The number of piperidine rings is 1. The Bertz CT molecular complexity index is 306. The number of hydrogen-bond donors (Lipinski definition) is 2. The van der Waals surface area contributed by atoms with E-state index in [-0.39, 0.29) is 24.3 Å². The molecule has 2 heterocycles. The summed E-state index contributed by atoms with van der Waals surface area (Å²) in [7, 11) is 0. The van der Waals surface area contributed by atoms with Crippen LogP contribution in [0.3, 0.4) is 0 Å². The molecule has 2 saturated heterocycles. The molecule has 0 spiro atoms. The maximum Gasteiger partial charge on any atom is 0.237 e. The maximum absolute atomic E-state index is 12.1. The van der Waals surface area contributed by atoms with Gasteiger partial charge in [-0.15, -0.1) is 0 Å². The van der Waals surface area contributed by atoms with Crippen LogP contribution < -0.4 is 10.6 Å². The van der Waals surface area contributed by atoms with Gasteiger partial charge in [-0.3, -0.25) is 9.59 Å². The Balaban J connectivity index is 1.89. The monoisotopic (exact) mass is 239 g/mol. The van der Waals surface area contributed by atoms with Gasteiger partial charge in [0.15, 0.2) is 0 Å². The fraction of sp³-hybridized carbons (Fsp3) is 0.833. The first-order chi connectivity index (χ1) is 8.18. The summed E-state index contributed by atoms with van der Waals surface area (Å²) in [5.74, 6) is 0.0565. The fourth-order valence-electron chi connectivity index (χ4n) is 2.57. The molecule has 2 aliphatic heterocycles. The molecule has 2 N–H and O–H groups in total. The zero-order chi connectivity index (χ0) is 12.3. The summed E-state index contributed by atoms with van der Waals surface area (Å²) in [5.41, 5.74) is 0. The van der Waals surface area contributed by atoms with Gasteiger partial charge in [0.25, 0.3) is 0 Å². The van der Waals surface area contributed by atoms with Crippen LogP contribution in [-0.4, -0.2) is 48.4 Å². The van der Waals surface area contributed by atoms with E-state index >= 15 is 0 Å². The van der Waals surface area contributed by atoms with Crippen LogP contribution in [0.4, 0.5) is 0 Å². The van der Waals surface area contributed by atoms with E-state index in [1.807, 2.05) is 4.90 Å². The van der Waals surface area contributed by atoms with Gasteiger partial charge in [-0.05, 0) is 26.2 Å². The number of amides is 2. The van der Waals surface area contributed by atoms with Crippen molar-refractivity contribution in [2.45, 2.75) is 44.7 Å². The van der Waals surface area contributed by atoms with Crippen molar-refractivity contribution in [1.29, 1.82) is 0 Å². The Kier molecular flexibility index (Phi) is 3.99. The lowest BCUT2D eigenvalue weighted by atomic mass is 10.0. The van der Waals surface area contributed by atoms with Crippen molar-refractivity contribution in [3.05, 3.63) is 0 Å². The van der Waals surface area contributed by atoms with E-state index in [9.17, 15) is 9.59 Å². The summed E-state index contributed by atoms with van der Waals surface area (Å²) < 4.78 is 0. The van der Waals surface area contributed by atoms with Gasteiger partial charge in [-0.1, -0.05) is 0 Å². The number of likely N-dealkylation sites (tertiary alicyclic amines) is 1. The molecule has 5 nitrogen and oxygen atoms in total. The third kappa shape index (κ3) is 2.97. The second kappa shape index (κ2) is 5.49. The highest BCUT2D eigenvalue weighted by Gasteiger charge is 2.29. The molecular weight excluding hydrogens is 218 g/mol. The van der Waals surface area contributed by atoms with Crippen LogP contribution in [-0.2, 0) is 9.59 Å². The van der Waals surface area contributed by atoms with Crippen molar-refractivity contribution in [1.82, 2.24) is 15.5 Å². The molecule has 17 heavy (non-hydrogen) atoms. The molecule has 5 heteroatoms. The van der Waals surface area contributed by atoms with E-state index in [0.717, 1.165) is 25.9 Å². The minimum absolute atomic E-state index is 0.0470. The predicted molar refractivity (Wildman–Crippen MR) is 64.4 cm³/mol. The average Bonchev–Trinajstić information content (AvgIpc) is 2.32. The van der Waals surface area contributed by atoms with E-state index < -0.39 is 0 Å². The second-order valence-electron chi connectivity index (χ2n) is 4.93. The van der Waals surface area contributed by atoms with E-state index in [4.69, 9.17) is 0 Å². The van der Waals surface area contributed by atoms with Crippen molar-refractivity contribution in [2.75, 3.05) is 19.6 Å². The van der Waals surface area contributed by atoms with E-state index in [0.29, 0.717) is 12.6 Å². The standard InChI is InChI=1S/C12H21N3O2/c1-9-4-2-3-7-15(9)11(16)8-10-12(17)14-6-5-13-10/h9-10,13H,2-8H2,1H3,(H,14,17)/t9-,10-/m1/s1. The number of nitrogens with zero attached hydrogens (tertiary/aromatic N) is 1. The first kappa shape index (κ1) is 12.4. The summed E-state index contributed by atoms with van der Waals surface area (Å²) in [6, 6.07) is -0.0201. The molecular formula is C12H21N3O2. The van der Waals surface area contributed by atoms with Crippen LogP contribution in [0.1, 0.15) is 32.6 Å². The van der Waals surface area contributed by atoms with Crippen LogP contribution in [0.25, 0.3) is 0 Å². The van der Waals surface area contributed by atoms with Gasteiger partial charge in [0, 0.05) is 25.7 Å². The molecule has 2 fully saturated rings. The van der Waals surface area contributed by atoms with E-state index in [1.54, 1.807) is 0 Å². The molecule has 2 atom stereocenters. The van der Waals surface area contributed by atoms with Gasteiger partial charge in [0.1, 0.15) is 0 Å². The van der Waals surface area contributed by atoms with Crippen LogP contribution in [0.15, 0.2) is 0 Å². The normalized spacial score (nSPS) is 29.9. The number of carbonyl (C=O) groups excluding carboxylic acids is 2. The lowest BCUT2D eigenvalue weighted by molar-refractivity contribution is -0.138. The number of hydrogen-bond acceptors (Lipinski definition) is 3. The van der Waals surface area contributed by atoms with E-state index in [2.05, 4.69) is 17.6 Å². The summed E-state index contributed by atoms with van der Waals surface area (Å²) in [6.07, 6.45) is 3.65. The number of piperazine rings is 1. The topological polar surface area (TPSA) is 61.4 Å². The van der Waals surface area contributed by atoms with Crippen molar-refractivity contribution >= 4 is 11.8 Å². The Morgan fingerprint density at radius 3 is 2.94 bits per heavy atom. The Morgan fingerprint density at radius 1 is 1.41 bits per heavy atom. The summed E-state index contributed by atoms with van der Waals surface area (Å²) >= 11 is 0. The number of carbonyl (C=O) groups is 2. The number of rotatable bonds is 2. The molecule has 0 aromatic rings. The third-order valence-electron chi connectivity index (χ3n) is 3.63. The first-order valence-corrected chi connectivity index (χ1v) is 6.49. The fourth-order valence-corrected chi connectivity index (χ4v) is 2.57. The highest BCUT2D eigenvalue weighted by molar-refractivity contribution is 5.88. The second-order valence-corrected chi connectivity index (χ2v) is 4.93. The first-order valence-electron chi connectivity index (χ1n) is 6.49. The van der Waals surface area contributed by atoms with Crippen molar-refractivity contribution in [3.8, 4) is 0 Å². The molecule has 0 aliphatic carbocycles. The van der Waals surface area contributed by atoms with E-state index in [1.165, 1.54) is 6.42 Å². The quantitative estimate of drug-likeness (QED) is 0.705. The maximum atomic E-state index is 12.1. The molecule has 2 amide bonds. The molecule has 0 aromatic carbocycles. The van der Waals surface area contributed by atoms with Crippen molar-refractivity contribution in [2.24, 2.45) is 0 Å². The molecule has 0 aromatic heterocycles.